The third-order valence-electron chi connectivity index (χ3n) is 8.35. The number of hydrogen-bond acceptors (Lipinski definition) is 6. The minimum Gasteiger partial charge on any atom is -0.459 e. The number of aliphatic hydroxyl groups is 1. The Hall–Kier alpha value is -3.06. The fourth-order valence-electron chi connectivity index (χ4n) is 5.88. The number of likely N-dealkylation sites (N-methyl/N-ethyl adjacent to an activating group) is 1. The molecule has 3 rings (SSSR count). The molecule has 0 spiro atoms. The van der Waals surface area contributed by atoms with E-state index in [0.717, 1.165) is 29.7 Å². The van der Waals surface area contributed by atoms with Gasteiger partial charge in [0.05, 0.1) is 12.6 Å². The van der Waals surface area contributed by atoms with Crippen molar-refractivity contribution < 1.29 is 24.2 Å². The fraction of sp³-hybridized carbons (Fsp3) is 0.600. The van der Waals surface area contributed by atoms with Gasteiger partial charge in [0.2, 0.25) is 0 Å². The lowest BCUT2D eigenvalue weighted by atomic mass is 9.62. The molecule has 2 aromatic rings. The van der Waals surface area contributed by atoms with Crippen LogP contribution in [0.4, 0.5) is 10.5 Å². The van der Waals surface area contributed by atoms with E-state index >= 15 is 0 Å². The van der Waals surface area contributed by atoms with Crippen molar-refractivity contribution in [2.75, 3.05) is 18.6 Å². The number of alkyl carbamates (subject to hydrolysis) is 1. The van der Waals surface area contributed by atoms with Gasteiger partial charge >= 0.3 is 12.1 Å². The van der Waals surface area contributed by atoms with Crippen molar-refractivity contribution in [2.45, 2.75) is 117 Å². The largest absolute Gasteiger partial charge is 0.459 e. The zero-order valence-electron chi connectivity index (χ0n) is 27.3. The smallest absolute Gasteiger partial charge is 0.407 e. The van der Waals surface area contributed by atoms with E-state index in [1.807, 2.05) is 76.9 Å². The Morgan fingerprint density at radius 2 is 1.57 bits per heavy atom. The molecule has 42 heavy (non-hydrogen) atoms. The molecule has 7 heteroatoms. The summed E-state index contributed by atoms with van der Waals surface area (Å²) in [5.41, 5.74) is 4.62. The molecule has 0 heterocycles. The molecule has 0 aliphatic heterocycles. The van der Waals surface area contributed by atoms with Crippen LogP contribution in [0.5, 0.6) is 0 Å². The number of benzene rings is 2. The first-order valence-electron chi connectivity index (χ1n) is 15.2. The van der Waals surface area contributed by atoms with Crippen LogP contribution in [0.1, 0.15) is 97.4 Å². The molecule has 2 aromatic carbocycles. The van der Waals surface area contributed by atoms with Gasteiger partial charge in [-0.2, -0.15) is 0 Å². The molecular formula is C35H52N2O5. The van der Waals surface area contributed by atoms with E-state index in [4.69, 9.17) is 9.47 Å². The van der Waals surface area contributed by atoms with Crippen molar-refractivity contribution in [2.24, 2.45) is 5.92 Å². The number of fused-ring (bicyclic) bond motifs is 1. The lowest BCUT2D eigenvalue weighted by molar-refractivity contribution is -0.147. The van der Waals surface area contributed by atoms with Gasteiger partial charge in [-0.1, -0.05) is 77.9 Å². The van der Waals surface area contributed by atoms with Crippen molar-refractivity contribution in [1.82, 2.24) is 5.32 Å². The Kier molecular flexibility index (Phi) is 10.4. The molecular weight excluding hydrogens is 528 g/mol. The van der Waals surface area contributed by atoms with Crippen LogP contribution in [0, 0.1) is 5.92 Å². The normalized spacial score (nSPS) is 17.1. The molecule has 0 bridgehead atoms. The number of aliphatic hydroxyl groups excluding tert-OH is 1. The SMILES string of the molecule is CC(C)[C@@H](C(=O)OCc1ccccc1)N(C)c1cc2c(cc1CC(CO)NC(=O)OC(C)(C)C)C(C)(C)CCC2(C)C. The van der Waals surface area contributed by atoms with Crippen molar-refractivity contribution in [3.63, 3.8) is 0 Å². The maximum absolute atomic E-state index is 13.6. The van der Waals surface area contributed by atoms with Gasteiger partial charge in [0.1, 0.15) is 18.2 Å². The van der Waals surface area contributed by atoms with Gasteiger partial charge in [0.15, 0.2) is 0 Å². The van der Waals surface area contributed by atoms with Crippen molar-refractivity contribution >= 4 is 17.7 Å². The third-order valence-corrected chi connectivity index (χ3v) is 8.35. The van der Waals surface area contributed by atoms with Crippen molar-refractivity contribution in [1.29, 1.82) is 0 Å². The fourth-order valence-corrected chi connectivity index (χ4v) is 5.88. The Morgan fingerprint density at radius 3 is 2.10 bits per heavy atom. The molecule has 7 nitrogen and oxygen atoms in total. The zero-order valence-corrected chi connectivity index (χ0v) is 27.3. The van der Waals surface area contributed by atoms with Gasteiger partial charge in [-0.05, 0) is 85.1 Å². The van der Waals surface area contributed by atoms with E-state index in [1.165, 1.54) is 11.1 Å². The van der Waals surface area contributed by atoms with E-state index in [0.29, 0.717) is 6.42 Å². The molecule has 232 valence electrons. The Labute approximate surface area is 253 Å². The van der Waals surface area contributed by atoms with Crippen LogP contribution < -0.4 is 10.2 Å². The summed E-state index contributed by atoms with van der Waals surface area (Å²) in [6, 6.07) is 13.1. The molecule has 2 atom stereocenters. The summed E-state index contributed by atoms with van der Waals surface area (Å²) in [6.45, 7) is 18.5. The van der Waals surface area contributed by atoms with Crippen molar-refractivity contribution in [3.8, 4) is 0 Å². The summed E-state index contributed by atoms with van der Waals surface area (Å²) in [5, 5.41) is 13.1. The van der Waals surface area contributed by atoms with Gasteiger partial charge in [0, 0.05) is 12.7 Å². The molecule has 1 unspecified atom stereocenters. The first kappa shape index (κ1) is 33.4. The summed E-state index contributed by atoms with van der Waals surface area (Å²) in [7, 11) is 1.94. The number of ether oxygens (including phenoxy) is 2. The van der Waals surface area contributed by atoms with E-state index in [1.54, 1.807) is 0 Å². The second-order valence-electron chi connectivity index (χ2n) is 14.4. The molecule has 1 aliphatic rings. The predicted octanol–water partition coefficient (Wildman–Crippen LogP) is 6.67. The molecule has 0 aromatic heterocycles. The van der Waals surface area contributed by atoms with Gasteiger partial charge in [0.25, 0.3) is 0 Å². The number of nitrogens with one attached hydrogen (secondary N) is 1. The molecule has 0 saturated carbocycles. The quantitative estimate of drug-likeness (QED) is 0.305. The highest BCUT2D eigenvalue weighted by atomic mass is 16.6. The maximum Gasteiger partial charge on any atom is 0.407 e. The van der Waals surface area contributed by atoms with Crippen LogP contribution in [-0.4, -0.2) is 48.5 Å². The minimum atomic E-state index is -0.651. The van der Waals surface area contributed by atoms with Crippen LogP contribution in [0.15, 0.2) is 42.5 Å². The molecule has 1 amide bonds. The average Bonchev–Trinajstić information content (AvgIpc) is 2.89. The number of anilines is 1. The average molecular weight is 581 g/mol. The first-order chi connectivity index (χ1) is 19.4. The number of rotatable bonds is 10. The summed E-state index contributed by atoms with van der Waals surface area (Å²) < 4.78 is 11.3. The highest BCUT2D eigenvalue weighted by Gasteiger charge is 2.39. The molecule has 0 radical (unpaired) electrons. The van der Waals surface area contributed by atoms with Gasteiger partial charge < -0.3 is 24.8 Å². The molecule has 0 fully saturated rings. The number of hydrogen-bond donors (Lipinski definition) is 2. The van der Waals surface area contributed by atoms with Crippen LogP contribution in [0.25, 0.3) is 0 Å². The van der Waals surface area contributed by atoms with E-state index in [2.05, 4.69) is 45.1 Å². The van der Waals surface area contributed by atoms with Crippen LogP contribution in [0.3, 0.4) is 0 Å². The van der Waals surface area contributed by atoms with E-state index < -0.39 is 23.8 Å². The minimum absolute atomic E-state index is 0.0277. The van der Waals surface area contributed by atoms with Gasteiger partial charge in [-0.3, -0.25) is 0 Å². The summed E-state index contributed by atoms with van der Waals surface area (Å²) in [6.07, 6.45) is 1.92. The highest BCUT2D eigenvalue weighted by Crippen LogP contribution is 2.48. The zero-order chi connectivity index (χ0) is 31.5. The van der Waals surface area contributed by atoms with E-state index in [-0.39, 0.29) is 35.9 Å². The standard InChI is InChI=1S/C35H52N2O5/c1-23(2)30(31(39)41-22-24-14-12-11-13-15-24)37(10)29-20-28-27(34(6,7)16-17-35(28,8)9)19-25(29)18-26(21-38)36-32(40)42-33(3,4)5/h11-15,19-20,23,26,30,38H,16-18,21-22H2,1-10H3,(H,36,40)/t26?,30-/m0/s1. The number of esters is 1. The number of amides is 1. The van der Waals surface area contributed by atoms with E-state index in [9.17, 15) is 14.7 Å². The summed E-state index contributed by atoms with van der Waals surface area (Å²) >= 11 is 0. The predicted molar refractivity (Wildman–Crippen MR) is 169 cm³/mol. The Balaban J connectivity index is 2.04. The molecule has 2 N–H and O–H groups in total. The second-order valence-corrected chi connectivity index (χ2v) is 14.4. The van der Waals surface area contributed by atoms with Gasteiger partial charge in [-0.15, -0.1) is 0 Å². The number of carbonyl (C=O) groups is 2. The topological polar surface area (TPSA) is 88.1 Å². The molecule has 1 aliphatic carbocycles. The van der Waals surface area contributed by atoms with Crippen LogP contribution in [0.2, 0.25) is 0 Å². The third kappa shape index (κ3) is 8.27. The van der Waals surface area contributed by atoms with Crippen LogP contribution in [-0.2, 0) is 38.1 Å². The van der Waals surface area contributed by atoms with Gasteiger partial charge in [-0.25, -0.2) is 9.59 Å². The van der Waals surface area contributed by atoms with Crippen molar-refractivity contribution in [3.05, 3.63) is 64.7 Å². The highest BCUT2D eigenvalue weighted by molar-refractivity contribution is 5.81. The second kappa shape index (κ2) is 13.1. The maximum atomic E-state index is 13.6. The number of carbonyl (C=O) groups excluding carboxylic acids is 2. The van der Waals surface area contributed by atoms with Crippen LogP contribution >= 0.6 is 0 Å². The summed E-state index contributed by atoms with van der Waals surface area (Å²) in [5.74, 6) is -0.315. The Bertz CT molecular complexity index is 1230. The monoisotopic (exact) mass is 580 g/mol. The summed E-state index contributed by atoms with van der Waals surface area (Å²) in [4.78, 5) is 28.2. The lowest BCUT2D eigenvalue weighted by Crippen LogP contribution is -2.45. The number of nitrogens with zero attached hydrogens (tertiary/aromatic N) is 1. The Morgan fingerprint density at radius 1 is 1.00 bits per heavy atom. The first-order valence-corrected chi connectivity index (χ1v) is 15.2. The lowest BCUT2D eigenvalue weighted by Gasteiger charge is -2.43. The molecule has 0 saturated heterocycles.